The van der Waals surface area contributed by atoms with Crippen molar-refractivity contribution in [3.8, 4) is 11.5 Å². The van der Waals surface area contributed by atoms with Crippen LogP contribution in [-0.4, -0.2) is 11.9 Å². The monoisotopic (exact) mass is 362 g/mol. The quantitative estimate of drug-likeness (QED) is 0.243. The lowest BCUT2D eigenvalue weighted by Crippen LogP contribution is -2.15. The van der Waals surface area contributed by atoms with Gasteiger partial charge in [-0.3, -0.25) is 9.59 Å². The van der Waals surface area contributed by atoms with Gasteiger partial charge in [-0.1, -0.05) is 77.8 Å². The van der Waals surface area contributed by atoms with E-state index < -0.39 is 0 Å². The highest BCUT2D eigenvalue weighted by Crippen LogP contribution is 2.28. The van der Waals surface area contributed by atoms with E-state index in [4.69, 9.17) is 9.47 Å². The Morgan fingerprint density at radius 2 is 1.35 bits per heavy atom. The fourth-order valence-corrected chi connectivity index (χ4v) is 2.82. The largest absolute Gasteiger partial charge is 0.423 e. The highest BCUT2D eigenvalue weighted by Gasteiger charge is 2.16. The summed E-state index contributed by atoms with van der Waals surface area (Å²) in [6.07, 6.45) is 9.39. The molecule has 0 saturated heterocycles. The van der Waals surface area contributed by atoms with Crippen LogP contribution < -0.4 is 9.47 Å². The van der Waals surface area contributed by atoms with Crippen molar-refractivity contribution in [1.29, 1.82) is 0 Å². The Labute approximate surface area is 158 Å². The molecule has 0 atom stereocenters. The first-order chi connectivity index (χ1) is 12.6. The summed E-state index contributed by atoms with van der Waals surface area (Å²) < 4.78 is 10.8. The van der Waals surface area contributed by atoms with Crippen LogP contribution >= 0.6 is 0 Å². The first-order valence-electron chi connectivity index (χ1n) is 10.1. The molecule has 1 aromatic rings. The molecule has 0 aliphatic heterocycles. The second-order valence-corrected chi connectivity index (χ2v) is 6.80. The zero-order valence-corrected chi connectivity index (χ0v) is 16.6. The molecule has 1 rings (SSSR count). The Bertz CT molecular complexity index is 535. The van der Waals surface area contributed by atoms with Gasteiger partial charge in [-0.25, -0.2) is 0 Å². The molecule has 0 bridgehead atoms. The van der Waals surface area contributed by atoms with Gasteiger partial charge in [-0.2, -0.15) is 0 Å². The molecular weight excluding hydrogens is 328 g/mol. The smallest absolute Gasteiger partial charge is 0.311 e. The summed E-state index contributed by atoms with van der Waals surface area (Å²) in [7, 11) is 0. The van der Waals surface area contributed by atoms with Gasteiger partial charge >= 0.3 is 11.9 Å². The van der Waals surface area contributed by atoms with Gasteiger partial charge in [0.25, 0.3) is 0 Å². The molecule has 0 aromatic heterocycles. The van der Waals surface area contributed by atoms with Gasteiger partial charge in [0.2, 0.25) is 0 Å². The third-order valence-corrected chi connectivity index (χ3v) is 4.64. The summed E-state index contributed by atoms with van der Waals surface area (Å²) in [5, 5.41) is 0. The molecule has 0 saturated carbocycles. The maximum absolute atomic E-state index is 12.1. The summed E-state index contributed by atoms with van der Waals surface area (Å²) in [4.78, 5) is 24.2. The molecule has 0 amide bonds. The summed E-state index contributed by atoms with van der Waals surface area (Å²) in [6.45, 7) is 6.32. The Kier molecular flexibility index (Phi) is 11.4. The second-order valence-electron chi connectivity index (χ2n) is 6.80. The molecule has 0 heterocycles. The number of carbonyl (C=O) groups excluding carboxylic acids is 2. The SMILES string of the molecule is CCCCCCCCC(=O)Oc1ccccc1OC(=O)CC(CC)CC. The van der Waals surface area contributed by atoms with E-state index in [1.165, 1.54) is 19.3 Å². The van der Waals surface area contributed by atoms with E-state index in [0.717, 1.165) is 32.1 Å². The number of rotatable bonds is 13. The van der Waals surface area contributed by atoms with Crippen LogP contribution in [0, 0.1) is 5.92 Å². The van der Waals surface area contributed by atoms with E-state index in [9.17, 15) is 9.59 Å². The van der Waals surface area contributed by atoms with Gasteiger partial charge in [0.15, 0.2) is 11.5 Å². The van der Waals surface area contributed by atoms with Crippen molar-refractivity contribution < 1.29 is 19.1 Å². The van der Waals surface area contributed by atoms with Crippen LogP contribution in [0.15, 0.2) is 24.3 Å². The first-order valence-corrected chi connectivity index (χ1v) is 10.1. The van der Waals surface area contributed by atoms with Crippen LogP contribution in [0.5, 0.6) is 11.5 Å². The van der Waals surface area contributed by atoms with E-state index in [-0.39, 0.29) is 11.9 Å². The van der Waals surface area contributed by atoms with Crippen molar-refractivity contribution >= 4 is 11.9 Å². The molecule has 0 fully saturated rings. The molecule has 0 radical (unpaired) electrons. The number of hydrogen-bond donors (Lipinski definition) is 0. The number of esters is 2. The van der Waals surface area contributed by atoms with Crippen LogP contribution in [0.25, 0.3) is 0 Å². The van der Waals surface area contributed by atoms with Gasteiger partial charge in [-0.15, -0.1) is 0 Å². The van der Waals surface area contributed by atoms with E-state index in [2.05, 4.69) is 20.8 Å². The molecule has 0 unspecified atom stereocenters. The zero-order valence-electron chi connectivity index (χ0n) is 16.6. The number of hydrogen-bond acceptors (Lipinski definition) is 4. The Morgan fingerprint density at radius 3 is 1.92 bits per heavy atom. The van der Waals surface area contributed by atoms with Crippen LogP contribution in [0.1, 0.15) is 85.0 Å². The van der Waals surface area contributed by atoms with Crippen molar-refractivity contribution in [3.63, 3.8) is 0 Å². The highest BCUT2D eigenvalue weighted by atomic mass is 16.6. The van der Waals surface area contributed by atoms with Crippen LogP contribution in [0.4, 0.5) is 0 Å². The topological polar surface area (TPSA) is 52.6 Å². The Morgan fingerprint density at radius 1 is 0.808 bits per heavy atom. The lowest BCUT2D eigenvalue weighted by atomic mass is 10.00. The third kappa shape index (κ3) is 9.02. The Hall–Kier alpha value is -1.84. The van der Waals surface area contributed by atoms with Gasteiger partial charge in [-0.05, 0) is 24.5 Å². The predicted molar refractivity (Wildman–Crippen MR) is 104 cm³/mol. The fraction of sp³-hybridized carbons (Fsp3) is 0.636. The average molecular weight is 363 g/mol. The van der Waals surface area contributed by atoms with Gasteiger partial charge in [0.1, 0.15) is 0 Å². The minimum Gasteiger partial charge on any atom is -0.423 e. The van der Waals surface area contributed by atoms with Crippen LogP contribution in [0.2, 0.25) is 0 Å². The molecule has 0 aliphatic rings. The molecule has 0 spiro atoms. The number of unbranched alkanes of at least 4 members (excludes halogenated alkanes) is 5. The van der Waals surface area contributed by atoms with Crippen LogP contribution in [0.3, 0.4) is 0 Å². The summed E-state index contributed by atoms with van der Waals surface area (Å²) in [5.74, 6) is 0.410. The molecule has 1 aromatic carbocycles. The maximum Gasteiger partial charge on any atom is 0.311 e. The summed E-state index contributed by atoms with van der Waals surface area (Å²) >= 11 is 0. The fourth-order valence-electron chi connectivity index (χ4n) is 2.82. The van der Waals surface area contributed by atoms with Gasteiger partial charge in [0, 0.05) is 12.8 Å². The third-order valence-electron chi connectivity index (χ3n) is 4.64. The number of benzene rings is 1. The lowest BCUT2D eigenvalue weighted by molar-refractivity contribution is -0.137. The van der Waals surface area contributed by atoms with Gasteiger partial charge < -0.3 is 9.47 Å². The predicted octanol–water partition coefficient (Wildman–Crippen LogP) is 6.07. The lowest BCUT2D eigenvalue weighted by Gasteiger charge is -2.13. The van der Waals surface area contributed by atoms with Crippen molar-refractivity contribution in [2.75, 3.05) is 0 Å². The molecule has 26 heavy (non-hydrogen) atoms. The van der Waals surface area contributed by atoms with E-state index in [1.807, 2.05) is 0 Å². The molecule has 0 N–H and O–H groups in total. The van der Waals surface area contributed by atoms with E-state index >= 15 is 0 Å². The number of ether oxygens (including phenoxy) is 2. The zero-order chi connectivity index (χ0) is 19.2. The molecule has 4 nitrogen and oxygen atoms in total. The summed E-state index contributed by atoms with van der Waals surface area (Å²) in [5.41, 5.74) is 0. The first kappa shape index (κ1) is 22.2. The van der Waals surface area contributed by atoms with E-state index in [1.54, 1.807) is 24.3 Å². The Balaban J connectivity index is 2.47. The molecule has 146 valence electrons. The van der Waals surface area contributed by atoms with Crippen molar-refractivity contribution in [1.82, 2.24) is 0 Å². The van der Waals surface area contributed by atoms with Crippen LogP contribution in [-0.2, 0) is 9.59 Å². The molecular formula is C22H34O4. The normalized spacial score (nSPS) is 10.8. The highest BCUT2D eigenvalue weighted by molar-refractivity contribution is 5.76. The maximum atomic E-state index is 12.1. The number of para-hydroxylation sites is 2. The minimum atomic E-state index is -0.280. The average Bonchev–Trinajstić information content (AvgIpc) is 2.64. The van der Waals surface area contributed by atoms with Gasteiger partial charge in [0.05, 0.1) is 0 Å². The number of carbonyl (C=O) groups is 2. The van der Waals surface area contributed by atoms with Crippen molar-refractivity contribution in [3.05, 3.63) is 24.3 Å². The van der Waals surface area contributed by atoms with Crippen molar-refractivity contribution in [2.45, 2.75) is 85.0 Å². The molecule has 0 aliphatic carbocycles. The van der Waals surface area contributed by atoms with E-state index in [0.29, 0.717) is 30.3 Å². The molecule has 4 heteroatoms. The second kappa shape index (κ2) is 13.4. The minimum absolute atomic E-state index is 0.274. The summed E-state index contributed by atoms with van der Waals surface area (Å²) in [6, 6.07) is 6.87. The standard InChI is InChI=1S/C22H34O4/c1-4-7-8-9-10-11-16-21(23)25-19-14-12-13-15-20(19)26-22(24)17-18(5-2)6-3/h12-15,18H,4-11,16-17H2,1-3H3. The van der Waals surface area contributed by atoms with Crippen molar-refractivity contribution in [2.24, 2.45) is 5.92 Å².